The van der Waals surface area contributed by atoms with Gasteiger partial charge < -0.3 is 9.72 Å². The van der Waals surface area contributed by atoms with Crippen LogP contribution >= 0.6 is 0 Å². The fourth-order valence-electron chi connectivity index (χ4n) is 2.90. The molecule has 0 fully saturated rings. The first-order chi connectivity index (χ1) is 13.8. The average molecular weight is 370 g/mol. The summed E-state index contributed by atoms with van der Waals surface area (Å²) >= 11 is 0. The van der Waals surface area contributed by atoms with Crippen LogP contribution in [0.1, 0.15) is 11.3 Å². The van der Waals surface area contributed by atoms with Crippen LogP contribution in [0.3, 0.4) is 0 Å². The van der Waals surface area contributed by atoms with Gasteiger partial charge in [0.15, 0.2) is 5.69 Å². The van der Waals surface area contributed by atoms with E-state index in [0.717, 1.165) is 5.69 Å². The summed E-state index contributed by atoms with van der Waals surface area (Å²) in [6, 6.07) is 24.3. The number of fused-ring (bicyclic) bond motifs is 1. The van der Waals surface area contributed by atoms with Gasteiger partial charge in [-0.3, -0.25) is 10.2 Å². The van der Waals surface area contributed by atoms with E-state index in [1.807, 2.05) is 78.9 Å². The summed E-state index contributed by atoms with van der Waals surface area (Å²) in [5.74, 6) is 0.602. The zero-order chi connectivity index (χ0) is 19.3. The van der Waals surface area contributed by atoms with E-state index in [9.17, 15) is 4.79 Å². The van der Waals surface area contributed by atoms with Crippen LogP contribution < -0.4 is 15.7 Å². The number of hydrogen-bond donors (Lipinski definition) is 2. The van der Waals surface area contributed by atoms with E-state index in [-0.39, 0.29) is 11.3 Å². The van der Waals surface area contributed by atoms with Crippen molar-refractivity contribution in [1.29, 1.82) is 0 Å². The SMILES string of the molecule is COc1ccccc1C(=NNc1ccccc1)c1nc2ccccc2[nH]c1=O. The molecule has 0 saturated carbocycles. The number of H-pyrrole nitrogens is 1. The standard InChI is InChI=1S/C22H18N4O2/c1-28-19-14-8-5-11-16(19)20(26-25-15-9-3-2-4-10-15)21-22(27)24-18-13-7-6-12-17(18)23-21/h2-14,25H,1H3,(H,24,27). The predicted octanol–water partition coefficient (Wildman–Crippen LogP) is 3.80. The Balaban J connectivity index is 1.90. The van der Waals surface area contributed by atoms with Gasteiger partial charge in [-0.15, -0.1) is 0 Å². The number of nitrogens with one attached hydrogen (secondary N) is 2. The first-order valence-corrected chi connectivity index (χ1v) is 8.78. The first kappa shape index (κ1) is 17.5. The fourth-order valence-corrected chi connectivity index (χ4v) is 2.90. The number of aromatic amines is 1. The molecule has 28 heavy (non-hydrogen) atoms. The number of nitrogens with zero attached hydrogens (tertiary/aromatic N) is 2. The van der Waals surface area contributed by atoms with Crippen molar-refractivity contribution >= 4 is 22.4 Å². The van der Waals surface area contributed by atoms with E-state index >= 15 is 0 Å². The van der Waals surface area contributed by atoms with Crippen molar-refractivity contribution < 1.29 is 4.74 Å². The van der Waals surface area contributed by atoms with Crippen molar-refractivity contribution in [2.75, 3.05) is 12.5 Å². The molecule has 0 amide bonds. The van der Waals surface area contributed by atoms with Gasteiger partial charge in [-0.2, -0.15) is 5.10 Å². The van der Waals surface area contributed by atoms with Crippen molar-refractivity contribution in [3.63, 3.8) is 0 Å². The lowest BCUT2D eigenvalue weighted by Gasteiger charge is -2.11. The molecule has 1 aromatic heterocycles. The maximum atomic E-state index is 12.8. The van der Waals surface area contributed by atoms with Gasteiger partial charge in [0, 0.05) is 5.56 Å². The topological polar surface area (TPSA) is 79.4 Å². The summed E-state index contributed by atoms with van der Waals surface area (Å²) in [5, 5.41) is 4.51. The van der Waals surface area contributed by atoms with Gasteiger partial charge in [0.1, 0.15) is 11.5 Å². The van der Waals surface area contributed by atoms with Crippen molar-refractivity contribution in [3.8, 4) is 5.75 Å². The number of rotatable bonds is 5. The molecule has 3 aromatic carbocycles. The Morgan fingerprint density at radius 2 is 1.68 bits per heavy atom. The molecule has 0 saturated heterocycles. The molecule has 0 unspecified atom stereocenters. The zero-order valence-electron chi connectivity index (χ0n) is 15.2. The second kappa shape index (κ2) is 7.75. The van der Waals surface area contributed by atoms with E-state index in [4.69, 9.17) is 4.74 Å². The Morgan fingerprint density at radius 1 is 0.964 bits per heavy atom. The highest BCUT2D eigenvalue weighted by atomic mass is 16.5. The minimum absolute atomic E-state index is 0.214. The van der Waals surface area contributed by atoms with Gasteiger partial charge in [0.2, 0.25) is 0 Å². The number of methoxy groups -OCH3 is 1. The summed E-state index contributed by atoms with van der Waals surface area (Å²) in [4.78, 5) is 20.2. The van der Waals surface area contributed by atoms with E-state index < -0.39 is 0 Å². The third-order valence-electron chi connectivity index (χ3n) is 4.26. The Kier molecular flexibility index (Phi) is 4.84. The van der Waals surface area contributed by atoms with Gasteiger partial charge >= 0.3 is 0 Å². The van der Waals surface area contributed by atoms with Crippen LogP contribution in [0.4, 0.5) is 5.69 Å². The highest BCUT2D eigenvalue weighted by molar-refractivity contribution is 6.13. The molecule has 0 spiro atoms. The molecule has 6 heteroatoms. The summed E-state index contributed by atoms with van der Waals surface area (Å²) in [7, 11) is 1.58. The van der Waals surface area contributed by atoms with Crippen LogP contribution in [-0.4, -0.2) is 22.8 Å². The van der Waals surface area contributed by atoms with Gasteiger partial charge in [0.25, 0.3) is 5.56 Å². The smallest absolute Gasteiger partial charge is 0.276 e. The largest absolute Gasteiger partial charge is 0.496 e. The lowest BCUT2D eigenvalue weighted by atomic mass is 10.1. The minimum atomic E-state index is -0.321. The van der Waals surface area contributed by atoms with Crippen LogP contribution in [0, 0.1) is 0 Å². The molecule has 2 N–H and O–H groups in total. The highest BCUT2D eigenvalue weighted by Gasteiger charge is 2.18. The maximum absolute atomic E-state index is 12.8. The predicted molar refractivity (Wildman–Crippen MR) is 111 cm³/mol. The van der Waals surface area contributed by atoms with Gasteiger partial charge in [0.05, 0.1) is 23.8 Å². The second-order valence-corrected chi connectivity index (χ2v) is 6.07. The third kappa shape index (κ3) is 3.48. The van der Waals surface area contributed by atoms with Crippen LogP contribution in [0.15, 0.2) is 88.8 Å². The van der Waals surface area contributed by atoms with Crippen molar-refractivity contribution in [1.82, 2.24) is 9.97 Å². The first-order valence-electron chi connectivity index (χ1n) is 8.78. The molecule has 0 atom stereocenters. The van der Waals surface area contributed by atoms with Gasteiger partial charge in [-0.1, -0.05) is 42.5 Å². The van der Waals surface area contributed by atoms with Crippen molar-refractivity contribution in [2.24, 2.45) is 5.10 Å². The van der Waals surface area contributed by atoms with Crippen molar-refractivity contribution in [2.45, 2.75) is 0 Å². The highest BCUT2D eigenvalue weighted by Crippen LogP contribution is 2.21. The lowest BCUT2D eigenvalue weighted by Crippen LogP contribution is -2.23. The zero-order valence-corrected chi connectivity index (χ0v) is 15.2. The Hall–Kier alpha value is -3.93. The maximum Gasteiger partial charge on any atom is 0.276 e. The molecule has 138 valence electrons. The number of aromatic nitrogens is 2. The average Bonchev–Trinajstić information content (AvgIpc) is 2.75. The summed E-state index contributed by atoms with van der Waals surface area (Å²) in [6.07, 6.45) is 0. The molecule has 1 heterocycles. The normalized spacial score (nSPS) is 11.4. The number of ether oxygens (including phenoxy) is 1. The molecule has 4 aromatic rings. The van der Waals surface area contributed by atoms with E-state index in [1.54, 1.807) is 7.11 Å². The summed E-state index contributed by atoms with van der Waals surface area (Å²) in [6.45, 7) is 0. The van der Waals surface area contributed by atoms with Crippen LogP contribution in [0.2, 0.25) is 0 Å². The third-order valence-corrected chi connectivity index (χ3v) is 4.26. The molecular weight excluding hydrogens is 352 g/mol. The van der Waals surface area contributed by atoms with Gasteiger partial charge in [-0.05, 0) is 36.4 Å². The lowest BCUT2D eigenvalue weighted by molar-refractivity contribution is 0.414. The number of hydrogen-bond acceptors (Lipinski definition) is 5. The number of benzene rings is 3. The van der Waals surface area contributed by atoms with E-state index in [1.165, 1.54) is 0 Å². The number of para-hydroxylation sites is 4. The van der Waals surface area contributed by atoms with Crippen LogP contribution in [-0.2, 0) is 0 Å². The molecule has 0 bridgehead atoms. The Labute approximate surface area is 161 Å². The minimum Gasteiger partial charge on any atom is -0.496 e. The monoisotopic (exact) mass is 370 g/mol. The van der Waals surface area contributed by atoms with Crippen molar-refractivity contribution in [3.05, 3.63) is 100 Å². The van der Waals surface area contributed by atoms with E-state index in [2.05, 4.69) is 20.5 Å². The second-order valence-electron chi connectivity index (χ2n) is 6.07. The number of hydrazone groups is 1. The molecule has 0 aliphatic carbocycles. The van der Waals surface area contributed by atoms with E-state index in [0.29, 0.717) is 28.1 Å². The molecule has 6 nitrogen and oxygen atoms in total. The van der Waals surface area contributed by atoms with Gasteiger partial charge in [-0.25, -0.2) is 4.98 Å². The molecular formula is C22H18N4O2. The summed E-state index contributed by atoms with van der Waals surface area (Å²) < 4.78 is 5.48. The Bertz CT molecular complexity index is 1200. The number of anilines is 1. The molecule has 0 aliphatic rings. The quantitative estimate of drug-likeness (QED) is 0.414. The van der Waals surface area contributed by atoms with Crippen LogP contribution in [0.5, 0.6) is 5.75 Å². The Morgan fingerprint density at radius 3 is 2.50 bits per heavy atom. The fraction of sp³-hybridized carbons (Fsp3) is 0.0455. The summed E-state index contributed by atoms with van der Waals surface area (Å²) in [5.41, 5.74) is 6.12. The molecule has 4 rings (SSSR count). The molecule has 0 aliphatic heterocycles. The molecule has 0 radical (unpaired) electrons. The van der Waals surface area contributed by atoms with Crippen LogP contribution in [0.25, 0.3) is 11.0 Å².